The van der Waals surface area contributed by atoms with E-state index in [4.69, 9.17) is 11.6 Å². The predicted molar refractivity (Wildman–Crippen MR) is 60.3 cm³/mol. The van der Waals surface area contributed by atoms with Gasteiger partial charge in [0.1, 0.15) is 5.75 Å². The maximum Gasteiger partial charge on any atom is 0.139 e. The number of hydrogen-bond acceptors (Lipinski definition) is 3. The molecule has 1 heterocycles. The van der Waals surface area contributed by atoms with Crippen LogP contribution in [0, 0.1) is 0 Å². The lowest BCUT2D eigenvalue weighted by Crippen LogP contribution is -1.76. The molecule has 0 saturated heterocycles. The summed E-state index contributed by atoms with van der Waals surface area (Å²) in [7, 11) is 0. The molecule has 0 aliphatic carbocycles. The molecule has 0 amide bonds. The normalized spacial score (nSPS) is 10.9. The van der Waals surface area contributed by atoms with Gasteiger partial charge in [-0.25, -0.2) is 0 Å². The van der Waals surface area contributed by atoms with Gasteiger partial charge in [0.25, 0.3) is 0 Å². The fraction of sp³-hybridized carbons (Fsp3) is 0.111. The summed E-state index contributed by atoms with van der Waals surface area (Å²) >= 11 is 9.04. The lowest BCUT2D eigenvalue weighted by Gasteiger charge is -2.04. The average Bonchev–Trinajstić information content (AvgIpc) is 2.53. The van der Waals surface area contributed by atoms with Crippen molar-refractivity contribution in [2.45, 2.75) is 4.90 Å². The van der Waals surface area contributed by atoms with Gasteiger partial charge in [0.05, 0.1) is 9.92 Å². The van der Waals surface area contributed by atoms with Gasteiger partial charge in [-0.3, -0.25) is 0 Å². The van der Waals surface area contributed by atoms with Crippen molar-refractivity contribution in [2.24, 2.45) is 0 Å². The molecule has 2 aromatic rings. The fourth-order valence-electron chi connectivity index (χ4n) is 1.24. The van der Waals surface area contributed by atoms with Crippen LogP contribution in [0.3, 0.4) is 0 Å². The summed E-state index contributed by atoms with van der Waals surface area (Å²) in [5, 5.41) is 13.3. The number of fused-ring (bicyclic) bond motifs is 1. The van der Waals surface area contributed by atoms with Crippen LogP contribution >= 0.6 is 34.7 Å². The number of rotatable bonds is 1. The highest BCUT2D eigenvalue weighted by atomic mass is 35.5. The zero-order valence-corrected chi connectivity index (χ0v) is 9.26. The minimum atomic E-state index is 0.302. The molecule has 13 heavy (non-hydrogen) atoms. The van der Waals surface area contributed by atoms with Crippen molar-refractivity contribution in [1.82, 2.24) is 0 Å². The van der Waals surface area contributed by atoms with Crippen molar-refractivity contribution in [2.75, 3.05) is 6.26 Å². The Bertz CT molecular complexity index is 450. The number of phenols is 1. The summed E-state index contributed by atoms with van der Waals surface area (Å²) in [4.78, 5) is 0.757. The van der Waals surface area contributed by atoms with Gasteiger partial charge in [0.15, 0.2) is 0 Å². The fourth-order valence-corrected chi connectivity index (χ4v) is 3.12. The summed E-state index contributed by atoms with van der Waals surface area (Å²) in [5.74, 6) is 0.302. The van der Waals surface area contributed by atoms with Gasteiger partial charge in [0, 0.05) is 10.1 Å². The Kier molecular flexibility index (Phi) is 2.41. The summed E-state index contributed by atoms with van der Waals surface area (Å²) in [6, 6.07) is 3.80. The van der Waals surface area contributed by atoms with Crippen LogP contribution in [-0.4, -0.2) is 11.4 Å². The molecule has 2 rings (SSSR count). The summed E-state index contributed by atoms with van der Waals surface area (Å²) in [6.45, 7) is 0. The minimum absolute atomic E-state index is 0.302. The largest absolute Gasteiger partial charge is 0.506 e. The van der Waals surface area contributed by atoms with Crippen LogP contribution in [0.2, 0.25) is 5.02 Å². The molecule has 0 radical (unpaired) electrons. The topological polar surface area (TPSA) is 20.2 Å². The Morgan fingerprint density at radius 3 is 3.00 bits per heavy atom. The average molecular weight is 231 g/mol. The van der Waals surface area contributed by atoms with Gasteiger partial charge < -0.3 is 5.11 Å². The molecule has 0 bridgehead atoms. The first-order chi connectivity index (χ1) is 6.24. The zero-order chi connectivity index (χ0) is 9.42. The van der Waals surface area contributed by atoms with Crippen LogP contribution in [-0.2, 0) is 0 Å². The number of thioether (sulfide) groups is 1. The van der Waals surface area contributed by atoms with E-state index >= 15 is 0 Å². The van der Waals surface area contributed by atoms with E-state index in [0.29, 0.717) is 10.8 Å². The summed E-state index contributed by atoms with van der Waals surface area (Å²) in [6.07, 6.45) is 1.90. The Labute approximate surface area is 89.3 Å². The molecule has 1 aromatic heterocycles. The van der Waals surface area contributed by atoms with Crippen LogP contribution in [0.1, 0.15) is 0 Å². The second kappa shape index (κ2) is 3.40. The lowest BCUT2D eigenvalue weighted by atomic mass is 10.2. The van der Waals surface area contributed by atoms with Crippen LogP contribution < -0.4 is 0 Å². The molecule has 4 heteroatoms. The first-order valence-electron chi connectivity index (χ1n) is 3.66. The molecular formula is C9H7ClOS2. The molecule has 0 saturated carbocycles. The van der Waals surface area contributed by atoms with Gasteiger partial charge in [-0.1, -0.05) is 11.6 Å². The van der Waals surface area contributed by atoms with E-state index in [2.05, 4.69) is 0 Å². The third-order valence-corrected chi connectivity index (χ3v) is 3.94. The second-order valence-corrected chi connectivity index (χ2v) is 4.74. The molecule has 0 aliphatic heterocycles. The molecule has 1 aromatic carbocycles. The number of halogens is 1. The molecule has 0 fully saturated rings. The highest BCUT2D eigenvalue weighted by Crippen LogP contribution is 2.41. The van der Waals surface area contributed by atoms with E-state index in [1.165, 1.54) is 11.8 Å². The van der Waals surface area contributed by atoms with Crippen LogP contribution in [0.25, 0.3) is 10.1 Å². The maximum absolute atomic E-state index is 9.82. The summed E-state index contributed by atoms with van der Waals surface area (Å²) in [5.41, 5.74) is 0. The van der Waals surface area contributed by atoms with Crippen molar-refractivity contribution in [1.29, 1.82) is 0 Å². The van der Waals surface area contributed by atoms with E-state index in [-0.39, 0.29) is 0 Å². The number of thiophene rings is 1. The van der Waals surface area contributed by atoms with Crippen molar-refractivity contribution >= 4 is 44.8 Å². The van der Waals surface area contributed by atoms with E-state index in [1.807, 2.05) is 23.8 Å². The highest BCUT2D eigenvalue weighted by molar-refractivity contribution is 7.98. The Morgan fingerprint density at radius 1 is 1.54 bits per heavy atom. The molecular weight excluding hydrogens is 224 g/mol. The first-order valence-corrected chi connectivity index (χ1v) is 6.15. The summed E-state index contributed by atoms with van der Waals surface area (Å²) < 4.78 is 1.03. The number of aromatic hydroxyl groups is 1. The molecule has 1 N–H and O–H groups in total. The SMILES string of the molecule is CSc1c(Cl)cc2sccc2c1O. The molecule has 0 aliphatic rings. The van der Waals surface area contributed by atoms with E-state index in [0.717, 1.165) is 15.0 Å². The Balaban J connectivity index is 2.85. The Morgan fingerprint density at radius 2 is 2.31 bits per heavy atom. The lowest BCUT2D eigenvalue weighted by molar-refractivity contribution is 0.469. The number of phenolic OH excluding ortho intramolecular Hbond substituents is 1. The van der Waals surface area contributed by atoms with Gasteiger partial charge in [0.2, 0.25) is 0 Å². The molecule has 1 nitrogen and oxygen atoms in total. The third kappa shape index (κ3) is 1.41. The smallest absolute Gasteiger partial charge is 0.139 e. The van der Waals surface area contributed by atoms with Crippen LogP contribution in [0.4, 0.5) is 0 Å². The molecule has 0 spiro atoms. The van der Waals surface area contributed by atoms with Crippen LogP contribution in [0.5, 0.6) is 5.75 Å². The third-order valence-electron chi connectivity index (χ3n) is 1.84. The molecule has 0 atom stereocenters. The standard InChI is InChI=1S/C9H7ClOS2/c1-12-9-6(10)4-7-5(8(9)11)2-3-13-7/h2-4,11H,1H3. The van der Waals surface area contributed by atoms with Gasteiger partial charge in [-0.15, -0.1) is 23.1 Å². The quantitative estimate of drug-likeness (QED) is 0.748. The predicted octanol–water partition coefficient (Wildman–Crippen LogP) is 3.98. The zero-order valence-electron chi connectivity index (χ0n) is 6.87. The van der Waals surface area contributed by atoms with Gasteiger partial charge in [-0.2, -0.15) is 0 Å². The van der Waals surface area contributed by atoms with E-state index in [9.17, 15) is 5.11 Å². The van der Waals surface area contributed by atoms with E-state index in [1.54, 1.807) is 11.3 Å². The van der Waals surface area contributed by atoms with Crippen molar-refractivity contribution in [3.8, 4) is 5.75 Å². The second-order valence-electron chi connectivity index (χ2n) is 2.57. The van der Waals surface area contributed by atoms with E-state index < -0.39 is 0 Å². The maximum atomic E-state index is 9.82. The van der Waals surface area contributed by atoms with Crippen molar-refractivity contribution in [3.63, 3.8) is 0 Å². The van der Waals surface area contributed by atoms with Gasteiger partial charge in [-0.05, 0) is 23.8 Å². The van der Waals surface area contributed by atoms with Gasteiger partial charge >= 0.3 is 0 Å². The first kappa shape index (κ1) is 9.19. The number of hydrogen-bond donors (Lipinski definition) is 1. The van der Waals surface area contributed by atoms with Crippen LogP contribution in [0.15, 0.2) is 22.4 Å². The molecule has 0 unspecified atom stereocenters. The minimum Gasteiger partial charge on any atom is -0.506 e. The molecule has 68 valence electrons. The monoisotopic (exact) mass is 230 g/mol. The highest BCUT2D eigenvalue weighted by Gasteiger charge is 2.10. The number of benzene rings is 1. The Hall–Kier alpha value is -0.380. The van der Waals surface area contributed by atoms with Crippen molar-refractivity contribution in [3.05, 3.63) is 22.5 Å². The van der Waals surface area contributed by atoms with Crippen molar-refractivity contribution < 1.29 is 5.11 Å².